The van der Waals surface area contributed by atoms with Gasteiger partial charge in [-0.05, 0) is 35.7 Å². The number of rotatable bonds is 6. The summed E-state index contributed by atoms with van der Waals surface area (Å²) in [5, 5.41) is 0. The molecule has 0 unspecified atom stereocenters. The average molecular weight is 427 g/mol. The Kier molecular flexibility index (Phi) is 6.36. The fraction of sp³-hybridized carbons (Fsp3) is 0.273. The van der Waals surface area contributed by atoms with Crippen LogP contribution in [0.5, 0.6) is 0 Å². The monoisotopic (exact) mass is 426 g/mol. The molecule has 0 atom stereocenters. The third-order valence-electron chi connectivity index (χ3n) is 4.53. The van der Waals surface area contributed by atoms with Crippen LogP contribution < -0.4 is 4.80 Å². The predicted octanol–water partition coefficient (Wildman–Crippen LogP) is 3.75. The van der Waals surface area contributed by atoms with Crippen molar-refractivity contribution in [2.45, 2.75) is 37.6 Å². The van der Waals surface area contributed by atoms with E-state index in [2.05, 4.69) is 30.8 Å². The van der Waals surface area contributed by atoms with Crippen LogP contribution in [0.4, 0.5) is 0 Å². The number of nitrogens with zero attached hydrogens (tertiary/aromatic N) is 2. The predicted molar refractivity (Wildman–Crippen MR) is 116 cm³/mol. The molecule has 0 spiro atoms. The van der Waals surface area contributed by atoms with E-state index in [1.165, 1.54) is 29.0 Å². The topological polar surface area (TPSA) is 68.5 Å². The minimum atomic E-state index is -3.52. The molecule has 2 aromatic carbocycles. The van der Waals surface area contributed by atoms with E-state index in [0.717, 1.165) is 10.2 Å². The Balaban J connectivity index is 1.89. The Bertz CT molecular complexity index is 1240. The Labute approximate surface area is 174 Å². The summed E-state index contributed by atoms with van der Waals surface area (Å²) in [5.74, 6) is 2.21. The quantitative estimate of drug-likeness (QED) is 0.564. The lowest BCUT2D eigenvalue weighted by molar-refractivity contribution is -0.117. The molecule has 0 aliphatic heterocycles. The second kappa shape index (κ2) is 8.76. The van der Waals surface area contributed by atoms with E-state index in [-0.39, 0.29) is 23.6 Å². The number of carbonyl (C=O) groups excluding carboxylic acids is 1. The molecule has 0 fully saturated rings. The Morgan fingerprint density at radius 3 is 2.59 bits per heavy atom. The molecule has 0 saturated heterocycles. The molecular weight excluding hydrogens is 404 g/mol. The van der Waals surface area contributed by atoms with Gasteiger partial charge in [-0.1, -0.05) is 55.4 Å². The van der Waals surface area contributed by atoms with Gasteiger partial charge in [0, 0.05) is 6.42 Å². The highest BCUT2D eigenvalue weighted by Gasteiger charge is 2.16. The van der Waals surface area contributed by atoms with Crippen molar-refractivity contribution < 1.29 is 13.2 Å². The second-order valence-corrected chi connectivity index (χ2v) is 10.1. The largest absolute Gasteiger partial charge is 0.305 e. The lowest BCUT2D eigenvalue weighted by atomic mass is 10.0. The van der Waals surface area contributed by atoms with Gasteiger partial charge in [0.2, 0.25) is 5.91 Å². The molecule has 0 bridgehead atoms. The van der Waals surface area contributed by atoms with Gasteiger partial charge in [0.1, 0.15) is 0 Å². The first-order chi connectivity index (χ1) is 13.8. The zero-order valence-corrected chi connectivity index (χ0v) is 18.0. The van der Waals surface area contributed by atoms with Crippen molar-refractivity contribution in [3.8, 4) is 12.3 Å². The number of amides is 1. The summed E-state index contributed by atoms with van der Waals surface area (Å²) < 4.78 is 27.6. The van der Waals surface area contributed by atoms with E-state index in [4.69, 9.17) is 6.42 Å². The van der Waals surface area contributed by atoms with Crippen LogP contribution in [-0.4, -0.2) is 24.6 Å². The highest BCUT2D eigenvalue weighted by Crippen LogP contribution is 2.23. The standard InChI is InChI=1S/C22H22N2O3S2/c1-4-13-24-19-11-10-17(16(2)3)15-20(19)28-22(24)23-21(25)12-14-29(26,27)18-8-6-5-7-9-18/h1,5-11,15-16H,12-14H2,2-3H3. The summed E-state index contributed by atoms with van der Waals surface area (Å²) in [6.45, 7) is 4.52. The molecule has 150 valence electrons. The van der Waals surface area contributed by atoms with Crippen LogP contribution in [0.3, 0.4) is 0 Å². The minimum absolute atomic E-state index is 0.182. The van der Waals surface area contributed by atoms with Gasteiger partial charge >= 0.3 is 0 Å². The Morgan fingerprint density at radius 2 is 1.93 bits per heavy atom. The number of hydrogen-bond donors (Lipinski definition) is 0. The Hall–Kier alpha value is -2.69. The van der Waals surface area contributed by atoms with Crippen LogP contribution in [0, 0.1) is 12.3 Å². The van der Waals surface area contributed by atoms with Crippen LogP contribution in [0.25, 0.3) is 10.2 Å². The van der Waals surface area contributed by atoms with Gasteiger partial charge in [0.15, 0.2) is 14.6 Å². The molecule has 1 aromatic heterocycles. The normalized spacial score (nSPS) is 12.4. The summed E-state index contributed by atoms with van der Waals surface area (Å²) in [5.41, 5.74) is 2.11. The van der Waals surface area contributed by atoms with Crippen molar-refractivity contribution in [2.24, 2.45) is 4.99 Å². The number of sulfone groups is 1. The molecule has 3 rings (SSSR count). The maximum absolute atomic E-state index is 12.4. The third-order valence-corrected chi connectivity index (χ3v) is 7.30. The van der Waals surface area contributed by atoms with Crippen LogP contribution in [0.15, 0.2) is 58.4 Å². The molecule has 1 amide bonds. The first-order valence-electron chi connectivity index (χ1n) is 9.24. The number of fused-ring (bicyclic) bond motifs is 1. The minimum Gasteiger partial charge on any atom is -0.305 e. The van der Waals surface area contributed by atoms with Crippen LogP contribution in [0.2, 0.25) is 0 Å². The van der Waals surface area contributed by atoms with Crippen molar-refractivity contribution in [3.63, 3.8) is 0 Å². The number of carbonyl (C=O) groups is 1. The van der Waals surface area contributed by atoms with Crippen molar-refractivity contribution in [2.75, 3.05) is 5.75 Å². The van der Waals surface area contributed by atoms with E-state index in [1.807, 2.05) is 16.7 Å². The van der Waals surface area contributed by atoms with Gasteiger partial charge in [-0.25, -0.2) is 8.42 Å². The summed E-state index contributed by atoms with van der Waals surface area (Å²) in [7, 11) is -3.52. The van der Waals surface area contributed by atoms with Crippen LogP contribution >= 0.6 is 11.3 Å². The first-order valence-corrected chi connectivity index (χ1v) is 11.7. The highest BCUT2D eigenvalue weighted by atomic mass is 32.2. The van der Waals surface area contributed by atoms with Crippen molar-refractivity contribution in [1.82, 2.24) is 4.57 Å². The molecule has 7 heteroatoms. The van der Waals surface area contributed by atoms with Gasteiger partial charge in [-0.2, -0.15) is 4.99 Å². The zero-order chi connectivity index (χ0) is 21.0. The highest BCUT2D eigenvalue weighted by molar-refractivity contribution is 7.91. The summed E-state index contributed by atoms with van der Waals surface area (Å²) in [6, 6.07) is 14.2. The average Bonchev–Trinajstić information content (AvgIpc) is 3.04. The van der Waals surface area contributed by atoms with Crippen molar-refractivity contribution >= 4 is 37.3 Å². The summed E-state index contributed by atoms with van der Waals surface area (Å²) >= 11 is 1.38. The van der Waals surface area contributed by atoms with Crippen molar-refractivity contribution in [1.29, 1.82) is 0 Å². The number of terminal acetylenes is 1. The smallest absolute Gasteiger partial charge is 0.249 e. The SMILES string of the molecule is C#CCn1c(=NC(=O)CCS(=O)(=O)c2ccccc2)sc2cc(C(C)C)ccc21. The van der Waals surface area contributed by atoms with E-state index in [0.29, 0.717) is 10.7 Å². The molecule has 3 aromatic rings. The van der Waals surface area contributed by atoms with E-state index in [1.54, 1.807) is 18.2 Å². The summed E-state index contributed by atoms with van der Waals surface area (Å²) in [4.78, 5) is 17.3. The third kappa shape index (κ3) is 4.84. The fourth-order valence-electron chi connectivity index (χ4n) is 2.91. The van der Waals surface area contributed by atoms with Crippen LogP contribution in [-0.2, 0) is 21.2 Å². The lowest BCUT2D eigenvalue weighted by Crippen LogP contribution is -2.18. The molecule has 5 nitrogen and oxygen atoms in total. The summed E-state index contributed by atoms with van der Waals surface area (Å²) in [6.07, 6.45) is 5.31. The molecule has 1 heterocycles. The van der Waals surface area contributed by atoms with Gasteiger partial charge < -0.3 is 4.57 Å². The molecule has 0 saturated carbocycles. The van der Waals surface area contributed by atoms with Gasteiger partial charge in [0.05, 0.1) is 27.4 Å². The number of benzene rings is 2. The maximum Gasteiger partial charge on any atom is 0.249 e. The van der Waals surface area contributed by atoms with Gasteiger partial charge in [-0.3, -0.25) is 4.79 Å². The van der Waals surface area contributed by atoms with Crippen LogP contribution in [0.1, 0.15) is 31.7 Å². The van der Waals surface area contributed by atoms with E-state index < -0.39 is 15.7 Å². The molecule has 0 radical (unpaired) electrons. The number of hydrogen-bond acceptors (Lipinski definition) is 4. The molecular formula is C22H22N2O3S2. The molecule has 0 N–H and O–H groups in total. The molecule has 0 aliphatic rings. The van der Waals surface area contributed by atoms with Gasteiger partial charge in [-0.15, -0.1) is 6.42 Å². The lowest BCUT2D eigenvalue weighted by Gasteiger charge is -2.05. The van der Waals surface area contributed by atoms with E-state index >= 15 is 0 Å². The number of aromatic nitrogens is 1. The maximum atomic E-state index is 12.4. The number of thiazole rings is 1. The molecule has 29 heavy (non-hydrogen) atoms. The fourth-order valence-corrected chi connectivity index (χ4v) is 5.25. The van der Waals surface area contributed by atoms with Crippen molar-refractivity contribution in [3.05, 3.63) is 58.9 Å². The zero-order valence-electron chi connectivity index (χ0n) is 16.3. The first kappa shape index (κ1) is 21.0. The Morgan fingerprint density at radius 1 is 1.21 bits per heavy atom. The van der Waals surface area contributed by atoms with Gasteiger partial charge in [0.25, 0.3) is 0 Å². The molecule has 0 aliphatic carbocycles. The van der Waals surface area contributed by atoms with E-state index in [9.17, 15) is 13.2 Å². The second-order valence-electron chi connectivity index (χ2n) is 6.94.